The number of cyclic esters (lactones) is 1. The van der Waals surface area contributed by atoms with Crippen LogP contribution in [-0.2, 0) is 11.3 Å². The third-order valence-electron chi connectivity index (χ3n) is 4.91. The Kier molecular flexibility index (Phi) is 6.85. The summed E-state index contributed by atoms with van der Waals surface area (Å²) in [6.07, 6.45) is 3.19. The van der Waals surface area contributed by atoms with Crippen molar-refractivity contribution in [2.45, 2.75) is 25.5 Å². The van der Waals surface area contributed by atoms with Gasteiger partial charge >= 0.3 is 11.8 Å². The number of fused-ring (bicyclic) bond motifs is 2. The Hall–Kier alpha value is -2.90. The molecule has 3 aromatic rings. The molecule has 5 rings (SSSR count). The Labute approximate surface area is 174 Å². The van der Waals surface area contributed by atoms with Crippen molar-refractivity contribution in [2.24, 2.45) is 0 Å². The highest BCUT2D eigenvalue weighted by molar-refractivity contribution is 5.91. The van der Waals surface area contributed by atoms with Gasteiger partial charge in [0.15, 0.2) is 0 Å². The minimum Gasteiger partial charge on any atom is -0.444 e. The van der Waals surface area contributed by atoms with Gasteiger partial charge in [0.05, 0.1) is 11.2 Å². The molecule has 1 amide bonds. The van der Waals surface area contributed by atoms with Crippen molar-refractivity contribution in [1.29, 1.82) is 0 Å². The van der Waals surface area contributed by atoms with Crippen LogP contribution in [0, 0.1) is 0 Å². The number of carbonyl (C=O) groups excluding carboxylic acids is 1. The van der Waals surface area contributed by atoms with Gasteiger partial charge in [-0.05, 0) is 44.1 Å². The minimum absolute atomic E-state index is 0. The number of benzene rings is 2. The Bertz CT molecular complexity index is 1030. The van der Waals surface area contributed by atoms with E-state index in [1.54, 1.807) is 6.07 Å². The second kappa shape index (κ2) is 9.54. The van der Waals surface area contributed by atoms with Crippen LogP contribution >= 0.6 is 12.4 Å². The lowest BCUT2D eigenvalue weighted by atomic mass is 10.0. The maximum Gasteiger partial charge on any atom is 0.439 e. The van der Waals surface area contributed by atoms with Gasteiger partial charge in [-0.15, -0.1) is 12.4 Å². The van der Waals surface area contributed by atoms with Crippen LogP contribution in [0.15, 0.2) is 64.0 Å². The van der Waals surface area contributed by atoms with Crippen LogP contribution < -0.4 is 16.0 Å². The number of anilines is 1. The van der Waals surface area contributed by atoms with Gasteiger partial charge in [0.1, 0.15) is 12.9 Å². The average Bonchev–Trinajstić information content (AvgIpc) is 2.74. The molecule has 29 heavy (non-hydrogen) atoms. The van der Waals surface area contributed by atoms with Gasteiger partial charge in [-0.25, -0.2) is 9.59 Å². The number of nitrogens with zero attached hydrogens (tertiary/aromatic N) is 2. The summed E-state index contributed by atoms with van der Waals surface area (Å²) in [5.74, 6) is -0.552. The number of amides is 1. The van der Waals surface area contributed by atoms with Crippen molar-refractivity contribution in [3.05, 3.63) is 70.9 Å². The molecule has 1 fully saturated rings. The normalized spacial score (nSPS) is 16.1. The fraction of sp³-hybridized carbons (Fsp3) is 0.286. The third-order valence-corrected chi connectivity index (χ3v) is 4.91. The Morgan fingerprint density at radius 2 is 1.72 bits per heavy atom. The Morgan fingerprint density at radius 1 is 1.00 bits per heavy atom. The van der Waals surface area contributed by atoms with E-state index in [2.05, 4.69) is 14.7 Å². The average molecular weight is 416 g/mol. The van der Waals surface area contributed by atoms with Crippen LogP contribution in [-0.4, -0.2) is 30.2 Å². The fourth-order valence-corrected chi connectivity index (χ4v) is 3.51. The molecular formula is C21H22ClN3O4. The number of halogens is 1. The maximum absolute atomic E-state index is 11.9. The summed E-state index contributed by atoms with van der Waals surface area (Å²) in [6.45, 7) is 2.34. The molecule has 0 aliphatic carbocycles. The number of piperidine rings is 1. The third kappa shape index (κ3) is 4.75. The first-order valence-electron chi connectivity index (χ1n) is 9.31. The van der Waals surface area contributed by atoms with Gasteiger partial charge in [0, 0.05) is 17.0 Å². The number of aromatic nitrogens is 1. The molecule has 8 heteroatoms. The van der Waals surface area contributed by atoms with Crippen molar-refractivity contribution in [3.63, 3.8) is 0 Å². The highest BCUT2D eigenvalue weighted by atomic mass is 35.5. The lowest BCUT2D eigenvalue weighted by Crippen LogP contribution is -2.48. The van der Waals surface area contributed by atoms with Crippen molar-refractivity contribution in [3.8, 4) is 0 Å². The molecule has 0 saturated carbocycles. The van der Waals surface area contributed by atoms with E-state index in [4.69, 9.17) is 4.74 Å². The zero-order valence-corrected chi connectivity index (χ0v) is 16.6. The molecule has 2 aromatic carbocycles. The number of para-hydroxylation sites is 2. The summed E-state index contributed by atoms with van der Waals surface area (Å²) in [5.41, 5.74) is 2.80. The van der Waals surface area contributed by atoms with E-state index in [0.717, 1.165) is 42.6 Å². The van der Waals surface area contributed by atoms with Gasteiger partial charge in [0.25, 0.3) is 0 Å². The molecule has 0 spiro atoms. The fourth-order valence-electron chi connectivity index (χ4n) is 3.51. The number of hydrogen-bond acceptors (Lipinski definition) is 6. The van der Waals surface area contributed by atoms with Crippen LogP contribution in [0.3, 0.4) is 0 Å². The Balaban J connectivity index is 0.000000174. The van der Waals surface area contributed by atoms with E-state index in [0.29, 0.717) is 12.1 Å². The van der Waals surface area contributed by atoms with Crippen molar-refractivity contribution in [1.82, 2.24) is 10.3 Å². The number of rotatable bonds is 1. The largest absolute Gasteiger partial charge is 0.444 e. The smallest absolute Gasteiger partial charge is 0.439 e. The summed E-state index contributed by atoms with van der Waals surface area (Å²) in [5, 5.41) is 4.15. The molecule has 0 atom stereocenters. The molecule has 1 N–H and O–H groups in total. The maximum atomic E-state index is 11.9. The van der Waals surface area contributed by atoms with E-state index >= 15 is 0 Å². The van der Waals surface area contributed by atoms with Crippen LogP contribution in [0.4, 0.5) is 10.5 Å². The molecule has 2 aliphatic heterocycles. The number of carbonyl (C=O) groups is 1. The summed E-state index contributed by atoms with van der Waals surface area (Å²) in [4.78, 5) is 28.0. The molecule has 7 nitrogen and oxygen atoms in total. The van der Waals surface area contributed by atoms with E-state index in [1.807, 2.05) is 47.4 Å². The lowest BCUT2D eigenvalue weighted by Gasteiger charge is -2.37. The van der Waals surface area contributed by atoms with Crippen molar-refractivity contribution >= 4 is 35.1 Å². The number of nitrogens with one attached hydrogen (secondary N) is 1. The van der Waals surface area contributed by atoms with Crippen LogP contribution in [0.1, 0.15) is 18.4 Å². The molecule has 3 heterocycles. The minimum atomic E-state index is -0.552. The topological polar surface area (TPSA) is 84.7 Å². The zero-order chi connectivity index (χ0) is 19.3. The second-order valence-corrected chi connectivity index (χ2v) is 6.71. The highest BCUT2D eigenvalue weighted by Gasteiger charge is 2.32. The van der Waals surface area contributed by atoms with Crippen LogP contribution in [0.25, 0.3) is 10.9 Å². The summed E-state index contributed by atoms with van der Waals surface area (Å²) in [7, 11) is 0. The summed E-state index contributed by atoms with van der Waals surface area (Å²) >= 11 is 0. The van der Waals surface area contributed by atoms with Gasteiger partial charge in [-0.1, -0.05) is 30.3 Å². The zero-order valence-electron chi connectivity index (χ0n) is 15.7. The van der Waals surface area contributed by atoms with Crippen molar-refractivity contribution in [2.75, 3.05) is 18.0 Å². The monoisotopic (exact) mass is 415 g/mol. The second-order valence-electron chi connectivity index (χ2n) is 6.71. The quantitative estimate of drug-likeness (QED) is 0.654. The van der Waals surface area contributed by atoms with Crippen molar-refractivity contribution < 1.29 is 13.9 Å². The molecular weight excluding hydrogens is 394 g/mol. The molecule has 0 unspecified atom stereocenters. The van der Waals surface area contributed by atoms with Gasteiger partial charge in [0.2, 0.25) is 0 Å². The molecule has 1 saturated heterocycles. The number of ether oxygens (including phenoxy) is 1. The van der Waals surface area contributed by atoms with Crippen LogP contribution in [0.5, 0.6) is 0 Å². The standard InChI is InChI=1S/C13H16N2O2.C8H5NO2.ClH/c16-13-15(11-5-7-14-8-6-11)12-4-2-1-3-10(12)9-17-13;10-8-9-7-4-2-1-3-6(7)5-11-8;/h1-4,11,14H,5-9H2;1-5H;1H. The molecule has 0 radical (unpaired) electrons. The summed E-state index contributed by atoms with van der Waals surface area (Å²) in [6, 6.07) is 15.6. The molecule has 1 aromatic heterocycles. The molecule has 152 valence electrons. The summed E-state index contributed by atoms with van der Waals surface area (Å²) < 4.78 is 9.81. The van der Waals surface area contributed by atoms with E-state index < -0.39 is 5.76 Å². The van der Waals surface area contributed by atoms with Crippen LogP contribution in [0.2, 0.25) is 0 Å². The van der Waals surface area contributed by atoms with E-state index in [-0.39, 0.29) is 24.5 Å². The van der Waals surface area contributed by atoms with Gasteiger partial charge in [-0.2, -0.15) is 4.98 Å². The van der Waals surface area contributed by atoms with E-state index in [1.165, 1.54) is 6.26 Å². The first-order chi connectivity index (χ1) is 13.7. The van der Waals surface area contributed by atoms with Gasteiger partial charge < -0.3 is 14.5 Å². The predicted octanol–water partition coefficient (Wildman–Crippen LogP) is 3.51. The predicted molar refractivity (Wildman–Crippen MR) is 113 cm³/mol. The first-order valence-corrected chi connectivity index (χ1v) is 9.31. The number of hydrogen-bond donors (Lipinski definition) is 1. The Morgan fingerprint density at radius 3 is 2.55 bits per heavy atom. The molecule has 0 bridgehead atoms. The highest BCUT2D eigenvalue weighted by Crippen LogP contribution is 2.30. The van der Waals surface area contributed by atoms with E-state index in [9.17, 15) is 9.59 Å². The SMILES string of the molecule is Cl.O=C1OCc2ccccc2N1C1CCNCC1.O=c1nc2ccccc2co1. The molecule has 2 aliphatic rings. The first kappa shape index (κ1) is 20.8. The lowest BCUT2D eigenvalue weighted by molar-refractivity contribution is 0.137. The van der Waals surface area contributed by atoms with Gasteiger partial charge in [-0.3, -0.25) is 4.90 Å².